The van der Waals surface area contributed by atoms with E-state index in [0.717, 1.165) is 25.7 Å². The minimum Gasteiger partial charge on any atom is -0.390 e. The van der Waals surface area contributed by atoms with Gasteiger partial charge in [-0.15, -0.1) is 0 Å². The zero-order chi connectivity index (χ0) is 7.90. The molecule has 2 rings (SSSR count). The van der Waals surface area contributed by atoms with Crippen molar-refractivity contribution in [3.05, 3.63) is 0 Å². The van der Waals surface area contributed by atoms with Crippen molar-refractivity contribution in [1.82, 2.24) is 5.32 Å². The third-order valence-corrected chi connectivity index (χ3v) is 2.90. The third kappa shape index (κ3) is 0.948. The first-order valence-corrected chi connectivity index (χ1v) is 4.22. The van der Waals surface area contributed by atoms with Crippen molar-refractivity contribution in [2.24, 2.45) is 0 Å². The second kappa shape index (κ2) is 2.21. The van der Waals surface area contributed by atoms with Gasteiger partial charge in [0.05, 0.1) is 18.1 Å². The van der Waals surface area contributed by atoms with Gasteiger partial charge in [0, 0.05) is 0 Å². The fraction of sp³-hybridized carbons (Fsp3) is 0.875. The molecule has 1 saturated carbocycles. The van der Waals surface area contributed by atoms with Crippen LogP contribution in [-0.4, -0.2) is 22.7 Å². The van der Waals surface area contributed by atoms with Gasteiger partial charge in [0.1, 0.15) is 0 Å². The Morgan fingerprint density at radius 1 is 1.45 bits per heavy atom. The van der Waals surface area contributed by atoms with Crippen LogP contribution >= 0.6 is 0 Å². The SMILES string of the molecule is O=C1C[C@H](O)C2(CCCC2)N1. The van der Waals surface area contributed by atoms with Gasteiger partial charge >= 0.3 is 0 Å². The Labute approximate surface area is 65.8 Å². The topological polar surface area (TPSA) is 49.3 Å². The molecule has 2 fully saturated rings. The maximum atomic E-state index is 10.9. The van der Waals surface area contributed by atoms with Gasteiger partial charge in [0.2, 0.25) is 5.91 Å². The van der Waals surface area contributed by atoms with Gasteiger partial charge in [0.25, 0.3) is 0 Å². The van der Waals surface area contributed by atoms with Gasteiger partial charge in [0.15, 0.2) is 0 Å². The molecule has 2 aliphatic rings. The number of nitrogens with one attached hydrogen (secondary N) is 1. The summed E-state index contributed by atoms with van der Waals surface area (Å²) in [7, 11) is 0. The largest absolute Gasteiger partial charge is 0.390 e. The molecule has 0 radical (unpaired) electrons. The molecular formula is C8H13NO2. The zero-order valence-electron chi connectivity index (χ0n) is 6.47. The summed E-state index contributed by atoms with van der Waals surface area (Å²) < 4.78 is 0. The van der Waals surface area contributed by atoms with Crippen LogP contribution in [0.15, 0.2) is 0 Å². The Morgan fingerprint density at radius 3 is 2.55 bits per heavy atom. The van der Waals surface area contributed by atoms with E-state index in [9.17, 15) is 9.90 Å². The van der Waals surface area contributed by atoms with Gasteiger partial charge < -0.3 is 10.4 Å². The molecule has 0 aromatic rings. The number of aliphatic hydroxyl groups is 1. The van der Waals surface area contributed by atoms with Crippen molar-refractivity contribution >= 4 is 5.91 Å². The van der Waals surface area contributed by atoms with Crippen molar-refractivity contribution in [2.75, 3.05) is 0 Å². The normalized spacial score (nSPS) is 34.6. The van der Waals surface area contributed by atoms with Gasteiger partial charge in [-0.1, -0.05) is 12.8 Å². The number of aliphatic hydroxyl groups excluding tert-OH is 1. The quantitative estimate of drug-likeness (QED) is 0.524. The number of carbonyl (C=O) groups is 1. The first-order chi connectivity index (χ1) is 5.23. The first-order valence-electron chi connectivity index (χ1n) is 4.22. The maximum Gasteiger partial charge on any atom is 0.223 e. The Balaban J connectivity index is 2.18. The fourth-order valence-corrected chi connectivity index (χ4v) is 2.25. The number of rotatable bonds is 0. The molecule has 0 aromatic heterocycles. The molecule has 3 nitrogen and oxygen atoms in total. The van der Waals surface area contributed by atoms with Gasteiger partial charge in [-0.3, -0.25) is 4.79 Å². The first kappa shape index (κ1) is 7.10. The smallest absolute Gasteiger partial charge is 0.223 e. The van der Waals surface area contributed by atoms with Crippen molar-refractivity contribution in [2.45, 2.75) is 43.7 Å². The summed E-state index contributed by atoms with van der Waals surface area (Å²) in [6.07, 6.45) is 4.06. The summed E-state index contributed by atoms with van der Waals surface area (Å²) >= 11 is 0. The number of hydrogen-bond acceptors (Lipinski definition) is 2. The second-order valence-electron chi connectivity index (χ2n) is 3.63. The molecule has 1 aliphatic heterocycles. The van der Waals surface area contributed by atoms with E-state index in [2.05, 4.69) is 5.32 Å². The number of carbonyl (C=O) groups excluding carboxylic acids is 1. The number of hydrogen-bond donors (Lipinski definition) is 2. The van der Waals surface area contributed by atoms with Crippen LogP contribution in [0.2, 0.25) is 0 Å². The summed E-state index contributed by atoms with van der Waals surface area (Å²) in [5.74, 6) is 0.0133. The van der Waals surface area contributed by atoms with E-state index in [1.54, 1.807) is 0 Å². The Bertz CT molecular complexity index is 185. The molecular weight excluding hydrogens is 142 g/mol. The lowest BCUT2D eigenvalue weighted by Crippen LogP contribution is -2.45. The summed E-state index contributed by atoms with van der Waals surface area (Å²) in [6.45, 7) is 0. The molecule has 0 bridgehead atoms. The lowest BCUT2D eigenvalue weighted by Gasteiger charge is -2.26. The molecule has 2 N–H and O–H groups in total. The third-order valence-electron chi connectivity index (χ3n) is 2.90. The van der Waals surface area contributed by atoms with Gasteiger partial charge in [-0.25, -0.2) is 0 Å². The molecule has 1 aliphatic carbocycles. The molecule has 0 aromatic carbocycles. The highest BCUT2D eigenvalue weighted by Gasteiger charge is 2.47. The minimum atomic E-state index is -0.433. The van der Waals surface area contributed by atoms with Crippen LogP contribution in [0.3, 0.4) is 0 Å². The van der Waals surface area contributed by atoms with E-state index < -0.39 is 6.10 Å². The second-order valence-corrected chi connectivity index (χ2v) is 3.63. The predicted octanol–water partition coefficient (Wildman–Crippen LogP) is 0.180. The molecule has 0 unspecified atom stereocenters. The van der Waals surface area contributed by atoms with Crippen LogP contribution < -0.4 is 5.32 Å². The number of amides is 1. The Kier molecular flexibility index (Phi) is 1.42. The Morgan fingerprint density at radius 2 is 2.09 bits per heavy atom. The van der Waals surface area contributed by atoms with Gasteiger partial charge in [-0.2, -0.15) is 0 Å². The molecule has 1 amide bonds. The summed E-state index contributed by atoms with van der Waals surface area (Å²) in [4.78, 5) is 10.9. The summed E-state index contributed by atoms with van der Waals surface area (Å²) in [5, 5.41) is 12.5. The van der Waals surface area contributed by atoms with E-state index >= 15 is 0 Å². The van der Waals surface area contributed by atoms with Gasteiger partial charge in [-0.05, 0) is 12.8 Å². The molecule has 62 valence electrons. The monoisotopic (exact) mass is 155 g/mol. The lowest BCUT2D eigenvalue weighted by molar-refractivity contribution is -0.119. The fourth-order valence-electron chi connectivity index (χ4n) is 2.25. The van der Waals surface area contributed by atoms with E-state index in [4.69, 9.17) is 0 Å². The highest BCUT2D eigenvalue weighted by atomic mass is 16.3. The van der Waals surface area contributed by atoms with E-state index in [1.165, 1.54) is 0 Å². The molecule has 11 heavy (non-hydrogen) atoms. The highest BCUT2D eigenvalue weighted by molar-refractivity contribution is 5.80. The molecule has 3 heteroatoms. The van der Waals surface area contributed by atoms with Crippen LogP contribution in [0.1, 0.15) is 32.1 Å². The van der Waals surface area contributed by atoms with E-state index in [-0.39, 0.29) is 11.4 Å². The van der Waals surface area contributed by atoms with Crippen LogP contribution in [0.5, 0.6) is 0 Å². The lowest BCUT2D eigenvalue weighted by atomic mass is 9.93. The Hall–Kier alpha value is -0.570. The van der Waals surface area contributed by atoms with Crippen molar-refractivity contribution < 1.29 is 9.90 Å². The van der Waals surface area contributed by atoms with Crippen LogP contribution in [0.4, 0.5) is 0 Å². The molecule has 1 saturated heterocycles. The van der Waals surface area contributed by atoms with Crippen LogP contribution in [0, 0.1) is 0 Å². The van der Waals surface area contributed by atoms with Crippen LogP contribution in [-0.2, 0) is 4.79 Å². The van der Waals surface area contributed by atoms with Crippen molar-refractivity contribution in [3.63, 3.8) is 0 Å². The van der Waals surface area contributed by atoms with E-state index in [0.29, 0.717) is 6.42 Å². The minimum absolute atomic E-state index is 0.0133. The summed E-state index contributed by atoms with van der Waals surface area (Å²) in [6, 6.07) is 0. The predicted molar refractivity (Wildman–Crippen MR) is 40.0 cm³/mol. The van der Waals surface area contributed by atoms with Crippen molar-refractivity contribution in [1.29, 1.82) is 0 Å². The summed E-state index contributed by atoms with van der Waals surface area (Å²) in [5.41, 5.74) is -0.225. The van der Waals surface area contributed by atoms with E-state index in [1.807, 2.05) is 0 Å². The maximum absolute atomic E-state index is 10.9. The van der Waals surface area contributed by atoms with Crippen LogP contribution in [0.25, 0.3) is 0 Å². The van der Waals surface area contributed by atoms with Crippen molar-refractivity contribution in [3.8, 4) is 0 Å². The standard InChI is InChI=1S/C8H13NO2/c10-6-5-7(11)9-8(6)3-1-2-4-8/h6,10H,1-5H2,(H,9,11)/t6-/m0/s1. The molecule has 1 spiro atoms. The average Bonchev–Trinajstić information content (AvgIpc) is 2.45. The average molecular weight is 155 g/mol. The molecule has 1 heterocycles. The molecule has 1 atom stereocenters. The highest BCUT2D eigenvalue weighted by Crippen LogP contribution is 2.36. The zero-order valence-corrected chi connectivity index (χ0v) is 6.47.